The van der Waals surface area contributed by atoms with Gasteiger partial charge in [-0.3, -0.25) is 4.98 Å². The van der Waals surface area contributed by atoms with Crippen LogP contribution in [0.3, 0.4) is 0 Å². The maximum absolute atomic E-state index is 13.2. The van der Waals surface area contributed by atoms with Crippen LogP contribution in [0.4, 0.5) is 20.6 Å². The molecule has 2 aromatic carbocycles. The van der Waals surface area contributed by atoms with Gasteiger partial charge in [-0.1, -0.05) is 17.9 Å². The fourth-order valence-electron chi connectivity index (χ4n) is 3.61. The van der Waals surface area contributed by atoms with E-state index in [1.54, 1.807) is 24.5 Å². The van der Waals surface area contributed by atoms with Crippen LogP contribution in [0.1, 0.15) is 16.7 Å². The number of hydrogen-bond acceptors (Lipinski definition) is 4. The maximum atomic E-state index is 13.2. The molecule has 0 aliphatic carbocycles. The fraction of sp³-hybridized carbons (Fsp3) is 0.231. The minimum atomic E-state index is -0.289. The van der Waals surface area contributed by atoms with E-state index >= 15 is 0 Å². The Morgan fingerprint density at radius 1 is 1.09 bits per heavy atom. The summed E-state index contributed by atoms with van der Waals surface area (Å²) in [5, 5.41) is 9.12. The number of halogens is 1. The molecule has 6 nitrogen and oxygen atoms in total. The van der Waals surface area contributed by atoms with Gasteiger partial charge in [0.2, 0.25) is 0 Å². The lowest BCUT2D eigenvalue weighted by Crippen LogP contribution is -2.43. The highest BCUT2D eigenvalue weighted by atomic mass is 19.1. The number of carbonyl (C=O) groups is 1. The SMILES string of the molecule is O=C(NCCc1cccnc1)Nc1ccc(N2CCNCC2)c(C#Cc2ccc(F)cc2)c1. The smallest absolute Gasteiger partial charge is 0.319 e. The Balaban J connectivity index is 1.47. The van der Waals surface area contributed by atoms with Gasteiger partial charge in [0.1, 0.15) is 5.82 Å². The van der Waals surface area contributed by atoms with Crippen LogP contribution in [-0.4, -0.2) is 43.7 Å². The van der Waals surface area contributed by atoms with Gasteiger partial charge in [0.15, 0.2) is 0 Å². The third-order valence-electron chi connectivity index (χ3n) is 5.32. The molecule has 0 radical (unpaired) electrons. The zero-order valence-electron chi connectivity index (χ0n) is 18.3. The zero-order valence-corrected chi connectivity index (χ0v) is 18.3. The topological polar surface area (TPSA) is 69.3 Å². The summed E-state index contributed by atoms with van der Waals surface area (Å²) in [6.45, 7) is 4.08. The van der Waals surface area contributed by atoms with Crippen molar-refractivity contribution in [3.63, 3.8) is 0 Å². The van der Waals surface area contributed by atoms with Crippen LogP contribution in [-0.2, 0) is 6.42 Å². The molecule has 4 rings (SSSR count). The number of amides is 2. The molecule has 0 unspecified atom stereocenters. The van der Waals surface area contributed by atoms with Crippen molar-refractivity contribution in [3.05, 3.63) is 89.5 Å². The number of nitrogens with one attached hydrogen (secondary N) is 3. The van der Waals surface area contributed by atoms with Gasteiger partial charge in [0, 0.05) is 56.4 Å². The third kappa shape index (κ3) is 6.55. The normalized spacial score (nSPS) is 13.1. The van der Waals surface area contributed by atoms with Gasteiger partial charge in [-0.15, -0.1) is 0 Å². The Hall–Kier alpha value is -3.89. The number of urea groups is 1. The first-order valence-corrected chi connectivity index (χ1v) is 11.0. The van der Waals surface area contributed by atoms with Crippen molar-refractivity contribution in [2.45, 2.75) is 6.42 Å². The van der Waals surface area contributed by atoms with Crippen LogP contribution in [0, 0.1) is 17.7 Å². The predicted molar refractivity (Wildman–Crippen MR) is 129 cm³/mol. The van der Waals surface area contributed by atoms with Gasteiger partial charge in [-0.05, 0) is 60.5 Å². The van der Waals surface area contributed by atoms with Crippen molar-refractivity contribution in [2.24, 2.45) is 0 Å². The standard InChI is InChI=1S/C26H26FN5O/c27-23-7-4-20(5-8-23)3-6-22-18-24(9-10-25(22)32-16-14-28-15-17-32)31-26(33)30-13-11-21-2-1-12-29-19-21/h1-2,4-5,7-10,12,18-19,28H,11,13-17H2,(H2,30,31,33). The Labute approximate surface area is 193 Å². The minimum absolute atomic E-state index is 0.272. The maximum Gasteiger partial charge on any atom is 0.319 e. The molecule has 1 aromatic heterocycles. The summed E-state index contributed by atoms with van der Waals surface area (Å²) in [7, 11) is 0. The van der Waals surface area contributed by atoms with Crippen LogP contribution < -0.4 is 20.9 Å². The van der Waals surface area contributed by atoms with Gasteiger partial charge in [-0.25, -0.2) is 9.18 Å². The largest absolute Gasteiger partial charge is 0.368 e. The Morgan fingerprint density at radius 3 is 2.67 bits per heavy atom. The Morgan fingerprint density at radius 2 is 1.91 bits per heavy atom. The van der Waals surface area contributed by atoms with Gasteiger partial charge in [0.25, 0.3) is 0 Å². The average Bonchev–Trinajstić information content (AvgIpc) is 2.85. The number of pyridine rings is 1. The first kappa shape index (κ1) is 22.3. The number of aromatic nitrogens is 1. The number of hydrogen-bond donors (Lipinski definition) is 3. The lowest BCUT2D eigenvalue weighted by atomic mass is 10.1. The molecule has 0 bridgehead atoms. The quantitative estimate of drug-likeness (QED) is 0.529. The second-order valence-electron chi connectivity index (χ2n) is 7.72. The van der Waals surface area contributed by atoms with Crippen molar-refractivity contribution in [1.29, 1.82) is 0 Å². The molecule has 2 heterocycles. The monoisotopic (exact) mass is 443 g/mol. The number of anilines is 2. The first-order chi connectivity index (χ1) is 16.2. The predicted octanol–water partition coefficient (Wildman–Crippen LogP) is 3.39. The number of nitrogens with zero attached hydrogens (tertiary/aromatic N) is 2. The first-order valence-electron chi connectivity index (χ1n) is 11.0. The highest BCUT2D eigenvalue weighted by Crippen LogP contribution is 2.24. The number of benzene rings is 2. The molecule has 3 N–H and O–H groups in total. The lowest BCUT2D eigenvalue weighted by Gasteiger charge is -2.30. The molecule has 1 aliphatic rings. The molecule has 0 saturated carbocycles. The molecule has 1 aliphatic heterocycles. The molecule has 0 spiro atoms. The summed E-state index contributed by atoms with van der Waals surface area (Å²) in [6.07, 6.45) is 4.22. The van der Waals surface area contributed by atoms with Crippen molar-refractivity contribution in [3.8, 4) is 11.8 Å². The van der Waals surface area contributed by atoms with E-state index in [2.05, 4.69) is 37.7 Å². The van der Waals surface area contributed by atoms with Gasteiger partial charge < -0.3 is 20.9 Å². The van der Waals surface area contributed by atoms with Gasteiger partial charge in [-0.2, -0.15) is 0 Å². The molecule has 2 amide bonds. The average molecular weight is 444 g/mol. The molecule has 168 valence electrons. The van der Waals surface area contributed by atoms with Gasteiger partial charge >= 0.3 is 6.03 Å². The molecule has 33 heavy (non-hydrogen) atoms. The van der Waals surface area contributed by atoms with E-state index in [-0.39, 0.29) is 11.8 Å². The summed E-state index contributed by atoms with van der Waals surface area (Å²) < 4.78 is 13.2. The molecule has 1 saturated heterocycles. The molecule has 7 heteroatoms. The molecule has 3 aromatic rings. The van der Waals surface area contributed by atoms with Crippen molar-refractivity contribution in [2.75, 3.05) is 42.9 Å². The second-order valence-corrected chi connectivity index (χ2v) is 7.72. The van der Waals surface area contributed by atoms with E-state index in [0.717, 1.165) is 48.6 Å². The molecular weight excluding hydrogens is 417 g/mol. The number of carbonyl (C=O) groups excluding carboxylic acids is 1. The highest BCUT2D eigenvalue weighted by Gasteiger charge is 2.14. The summed E-state index contributed by atoms with van der Waals surface area (Å²) in [6, 6.07) is 15.5. The van der Waals surface area contributed by atoms with E-state index < -0.39 is 0 Å². The Kier molecular flexibility index (Phi) is 7.52. The number of rotatable bonds is 5. The van der Waals surface area contributed by atoms with E-state index in [4.69, 9.17) is 0 Å². The van der Waals surface area contributed by atoms with Crippen LogP contribution in [0.2, 0.25) is 0 Å². The van der Waals surface area contributed by atoms with Crippen LogP contribution in [0.25, 0.3) is 0 Å². The number of piperazine rings is 1. The van der Waals surface area contributed by atoms with Crippen molar-refractivity contribution in [1.82, 2.24) is 15.6 Å². The van der Waals surface area contributed by atoms with E-state index in [0.29, 0.717) is 18.7 Å². The zero-order chi connectivity index (χ0) is 22.9. The molecular formula is C26H26FN5O. The minimum Gasteiger partial charge on any atom is -0.368 e. The van der Waals surface area contributed by atoms with E-state index in [1.165, 1.54) is 12.1 Å². The van der Waals surface area contributed by atoms with Crippen LogP contribution >= 0.6 is 0 Å². The second kappa shape index (κ2) is 11.1. The van der Waals surface area contributed by atoms with E-state index in [1.807, 2.05) is 30.3 Å². The van der Waals surface area contributed by atoms with Gasteiger partial charge in [0.05, 0.1) is 11.3 Å². The van der Waals surface area contributed by atoms with Crippen molar-refractivity contribution < 1.29 is 9.18 Å². The molecule has 0 atom stereocenters. The fourth-order valence-corrected chi connectivity index (χ4v) is 3.61. The van der Waals surface area contributed by atoms with Crippen molar-refractivity contribution >= 4 is 17.4 Å². The summed E-state index contributed by atoms with van der Waals surface area (Å²) >= 11 is 0. The lowest BCUT2D eigenvalue weighted by molar-refractivity contribution is 0.252. The summed E-state index contributed by atoms with van der Waals surface area (Å²) in [5.74, 6) is 6.03. The third-order valence-corrected chi connectivity index (χ3v) is 5.32. The highest BCUT2D eigenvalue weighted by molar-refractivity contribution is 5.90. The van der Waals surface area contributed by atoms with Crippen LogP contribution in [0.15, 0.2) is 67.0 Å². The van der Waals surface area contributed by atoms with E-state index in [9.17, 15) is 9.18 Å². The Bertz CT molecular complexity index is 1130. The summed E-state index contributed by atoms with van der Waals surface area (Å²) in [5.41, 5.74) is 4.30. The molecule has 1 fully saturated rings. The summed E-state index contributed by atoms with van der Waals surface area (Å²) in [4.78, 5) is 18.7. The van der Waals surface area contributed by atoms with Crippen LogP contribution in [0.5, 0.6) is 0 Å².